The molecule has 22 heavy (non-hydrogen) atoms. The van der Waals surface area contributed by atoms with E-state index < -0.39 is 0 Å². The third-order valence-electron chi connectivity index (χ3n) is 3.66. The standard InChI is InChI=1S/C18H23NO3/c1-20-16-9-7-14(8-10-16)15(13-19)11-12-22-18-6-4-3-5-17(18)21-2/h3-10,15H,11-13,19H2,1-2H3. The van der Waals surface area contributed by atoms with E-state index in [1.165, 1.54) is 5.56 Å². The first-order valence-corrected chi connectivity index (χ1v) is 7.38. The molecule has 0 saturated carbocycles. The summed E-state index contributed by atoms with van der Waals surface area (Å²) >= 11 is 0. The molecule has 0 spiro atoms. The van der Waals surface area contributed by atoms with Crippen LogP contribution in [0.5, 0.6) is 17.2 Å². The van der Waals surface area contributed by atoms with Crippen molar-refractivity contribution in [3.8, 4) is 17.2 Å². The van der Waals surface area contributed by atoms with Crippen LogP contribution in [-0.4, -0.2) is 27.4 Å². The highest BCUT2D eigenvalue weighted by atomic mass is 16.5. The van der Waals surface area contributed by atoms with Gasteiger partial charge in [-0.05, 0) is 48.7 Å². The number of benzene rings is 2. The predicted octanol–water partition coefficient (Wildman–Crippen LogP) is 3.22. The second kappa shape index (κ2) is 8.29. The summed E-state index contributed by atoms with van der Waals surface area (Å²) in [5.41, 5.74) is 7.10. The van der Waals surface area contributed by atoms with E-state index in [4.69, 9.17) is 19.9 Å². The number of para-hydroxylation sites is 2. The molecular weight excluding hydrogens is 278 g/mol. The van der Waals surface area contributed by atoms with Crippen LogP contribution >= 0.6 is 0 Å². The number of hydrogen-bond donors (Lipinski definition) is 1. The molecule has 0 aliphatic carbocycles. The molecule has 0 heterocycles. The lowest BCUT2D eigenvalue weighted by atomic mass is 9.96. The third kappa shape index (κ3) is 4.15. The van der Waals surface area contributed by atoms with E-state index in [-0.39, 0.29) is 5.92 Å². The van der Waals surface area contributed by atoms with E-state index in [1.54, 1.807) is 14.2 Å². The van der Waals surface area contributed by atoms with Gasteiger partial charge in [-0.3, -0.25) is 0 Å². The molecule has 4 heteroatoms. The zero-order valence-corrected chi connectivity index (χ0v) is 13.1. The Hall–Kier alpha value is -2.20. The Labute approximate surface area is 131 Å². The minimum absolute atomic E-state index is 0.264. The van der Waals surface area contributed by atoms with E-state index in [0.717, 1.165) is 23.7 Å². The van der Waals surface area contributed by atoms with Gasteiger partial charge in [-0.2, -0.15) is 0 Å². The van der Waals surface area contributed by atoms with Gasteiger partial charge in [0, 0.05) is 0 Å². The van der Waals surface area contributed by atoms with Crippen LogP contribution in [0.25, 0.3) is 0 Å². The molecule has 0 aromatic heterocycles. The lowest BCUT2D eigenvalue weighted by molar-refractivity contribution is 0.280. The molecule has 0 fully saturated rings. The van der Waals surface area contributed by atoms with Crippen molar-refractivity contribution in [3.63, 3.8) is 0 Å². The van der Waals surface area contributed by atoms with Gasteiger partial charge >= 0.3 is 0 Å². The van der Waals surface area contributed by atoms with Gasteiger partial charge in [0.25, 0.3) is 0 Å². The van der Waals surface area contributed by atoms with E-state index in [0.29, 0.717) is 13.2 Å². The maximum absolute atomic E-state index is 5.90. The van der Waals surface area contributed by atoms with Crippen LogP contribution in [0.15, 0.2) is 48.5 Å². The Morgan fingerprint density at radius 3 is 2.18 bits per heavy atom. The maximum Gasteiger partial charge on any atom is 0.161 e. The van der Waals surface area contributed by atoms with Crippen molar-refractivity contribution in [1.82, 2.24) is 0 Å². The zero-order chi connectivity index (χ0) is 15.8. The first kappa shape index (κ1) is 16.2. The lowest BCUT2D eigenvalue weighted by Gasteiger charge is -2.17. The summed E-state index contributed by atoms with van der Waals surface area (Å²) in [4.78, 5) is 0. The molecule has 2 aromatic carbocycles. The van der Waals surface area contributed by atoms with Crippen LogP contribution in [0.3, 0.4) is 0 Å². The van der Waals surface area contributed by atoms with Gasteiger partial charge in [0.1, 0.15) is 5.75 Å². The number of hydrogen-bond acceptors (Lipinski definition) is 4. The van der Waals surface area contributed by atoms with E-state index in [9.17, 15) is 0 Å². The van der Waals surface area contributed by atoms with Crippen LogP contribution in [0.2, 0.25) is 0 Å². The van der Waals surface area contributed by atoms with Gasteiger partial charge in [0.05, 0.1) is 20.8 Å². The first-order chi connectivity index (χ1) is 10.8. The van der Waals surface area contributed by atoms with Gasteiger partial charge in [-0.25, -0.2) is 0 Å². The van der Waals surface area contributed by atoms with Gasteiger partial charge in [-0.15, -0.1) is 0 Å². The zero-order valence-electron chi connectivity index (χ0n) is 13.1. The summed E-state index contributed by atoms with van der Waals surface area (Å²) < 4.78 is 16.3. The fourth-order valence-electron chi connectivity index (χ4n) is 2.35. The summed E-state index contributed by atoms with van der Waals surface area (Å²) in [6.07, 6.45) is 0.848. The van der Waals surface area contributed by atoms with Crippen molar-refractivity contribution in [2.24, 2.45) is 5.73 Å². The number of ether oxygens (including phenoxy) is 3. The molecular formula is C18H23NO3. The summed E-state index contributed by atoms with van der Waals surface area (Å²) in [7, 11) is 3.30. The van der Waals surface area contributed by atoms with Crippen molar-refractivity contribution in [2.75, 3.05) is 27.4 Å². The second-order valence-corrected chi connectivity index (χ2v) is 4.99. The van der Waals surface area contributed by atoms with Crippen LogP contribution in [0, 0.1) is 0 Å². The topological polar surface area (TPSA) is 53.7 Å². The van der Waals surface area contributed by atoms with Gasteiger partial charge in [-0.1, -0.05) is 24.3 Å². The lowest BCUT2D eigenvalue weighted by Crippen LogP contribution is -2.15. The highest BCUT2D eigenvalue weighted by Crippen LogP contribution is 2.27. The first-order valence-electron chi connectivity index (χ1n) is 7.38. The number of rotatable bonds is 8. The van der Waals surface area contributed by atoms with Crippen LogP contribution in [0.1, 0.15) is 17.9 Å². The van der Waals surface area contributed by atoms with Gasteiger partial charge < -0.3 is 19.9 Å². The molecule has 1 unspecified atom stereocenters. The average molecular weight is 301 g/mol. The molecule has 2 rings (SSSR count). The molecule has 118 valence electrons. The molecule has 2 N–H and O–H groups in total. The van der Waals surface area contributed by atoms with Crippen LogP contribution < -0.4 is 19.9 Å². The van der Waals surface area contributed by atoms with Gasteiger partial charge in [0.15, 0.2) is 11.5 Å². The fraction of sp³-hybridized carbons (Fsp3) is 0.333. The Balaban J connectivity index is 1.93. The molecule has 0 aliphatic rings. The van der Waals surface area contributed by atoms with Crippen LogP contribution in [-0.2, 0) is 0 Å². The Morgan fingerprint density at radius 2 is 1.59 bits per heavy atom. The number of nitrogens with two attached hydrogens (primary N) is 1. The van der Waals surface area contributed by atoms with Crippen molar-refractivity contribution < 1.29 is 14.2 Å². The summed E-state index contributed by atoms with van der Waals surface area (Å²) in [6.45, 7) is 1.18. The highest BCUT2D eigenvalue weighted by molar-refractivity contribution is 5.39. The molecule has 0 amide bonds. The second-order valence-electron chi connectivity index (χ2n) is 4.99. The molecule has 0 bridgehead atoms. The largest absolute Gasteiger partial charge is 0.497 e. The number of methoxy groups -OCH3 is 2. The van der Waals surface area contributed by atoms with Crippen LogP contribution in [0.4, 0.5) is 0 Å². The van der Waals surface area contributed by atoms with Gasteiger partial charge in [0.2, 0.25) is 0 Å². The third-order valence-corrected chi connectivity index (χ3v) is 3.66. The smallest absolute Gasteiger partial charge is 0.161 e. The minimum Gasteiger partial charge on any atom is -0.497 e. The van der Waals surface area contributed by atoms with E-state index in [1.807, 2.05) is 36.4 Å². The molecule has 1 atom stereocenters. The van der Waals surface area contributed by atoms with E-state index >= 15 is 0 Å². The SMILES string of the molecule is COc1ccc(C(CN)CCOc2ccccc2OC)cc1. The maximum atomic E-state index is 5.90. The normalized spacial score (nSPS) is 11.8. The fourth-order valence-corrected chi connectivity index (χ4v) is 2.35. The van der Waals surface area contributed by atoms with Crippen molar-refractivity contribution in [3.05, 3.63) is 54.1 Å². The summed E-state index contributed by atoms with van der Waals surface area (Å²) in [5, 5.41) is 0. The summed E-state index contributed by atoms with van der Waals surface area (Å²) in [6, 6.07) is 15.7. The monoisotopic (exact) mass is 301 g/mol. The Morgan fingerprint density at radius 1 is 0.909 bits per heavy atom. The van der Waals surface area contributed by atoms with Crippen molar-refractivity contribution in [1.29, 1.82) is 0 Å². The molecule has 4 nitrogen and oxygen atoms in total. The van der Waals surface area contributed by atoms with Crippen molar-refractivity contribution in [2.45, 2.75) is 12.3 Å². The quantitative estimate of drug-likeness (QED) is 0.813. The molecule has 0 radical (unpaired) electrons. The Bertz CT molecular complexity index is 569. The molecule has 0 saturated heterocycles. The Kier molecular flexibility index (Phi) is 6.10. The predicted molar refractivity (Wildman–Crippen MR) is 87.9 cm³/mol. The average Bonchev–Trinajstić information content (AvgIpc) is 2.59. The molecule has 2 aromatic rings. The summed E-state index contributed by atoms with van der Waals surface area (Å²) in [5.74, 6) is 2.62. The minimum atomic E-state index is 0.264. The van der Waals surface area contributed by atoms with Crippen molar-refractivity contribution >= 4 is 0 Å². The van der Waals surface area contributed by atoms with E-state index in [2.05, 4.69) is 12.1 Å². The molecule has 0 aliphatic heterocycles. The highest BCUT2D eigenvalue weighted by Gasteiger charge is 2.11.